The lowest BCUT2D eigenvalue weighted by Crippen LogP contribution is -2.28. The van der Waals surface area contributed by atoms with Crippen LogP contribution in [0, 0.1) is 5.92 Å². The van der Waals surface area contributed by atoms with Gasteiger partial charge in [0.05, 0.1) is 12.0 Å². The molecule has 1 saturated heterocycles. The number of hydrogen-bond donors (Lipinski definition) is 1. The van der Waals surface area contributed by atoms with Crippen LogP contribution >= 0.6 is 0 Å². The Morgan fingerprint density at radius 2 is 1.80 bits per heavy atom. The van der Waals surface area contributed by atoms with Crippen molar-refractivity contribution in [1.82, 2.24) is 0 Å². The minimum atomic E-state index is -0.348. The van der Waals surface area contributed by atoms with Gasteiger partial charge in [0.15, 0.2) is 0 Å². The van der Waals surface area contributed by atoms with Crippen molar-refractivity contribution in [3.8, 4) is 5.75 Å². The number of nitrogens with one attached hydrogen (secondary N) is 1. The zero-order valence-corrected chi connectivity index (χ0v) is 14.4. The minimum absolute atomic E-state index is 0.0213. The number of amides is 2. The Balaban J connectivity index is 1.61. The summed E-state index contributed by atoms with van der Waals surface area (Å²) in [5.74, 6) is 0.259. The monoisotopic (exact) mass is 338 g/mol. The van der Waals surface area contributed by atoms with Crippen LogP contribution in [-0.2, 0) is 9.59 Å². The Bertz CT molecular complexity index is 741. The number of ether oxygens (including phenoxy) is 1. The van der Waals surface area contributed by atoms with Crippen molar-refractivity contribution in [1.29, 1.82) is 0 Å². The standard InChI is InChI=1S/C20H22N2O3/c1-14(2)25-18-10-8-16(9-11-18)21-20(24)15-12-19(23)22(13-15)17-6-4-3-5-7-17/h3-11,14-15H,12-13H2,1-2H3,(H,21,24). The van der Waals surface area contributed by atoms with E-state index >= 15 is 0 Å². The number of anilines is 2. The van der Waals surface area contributed by atoms with E-state index in [-0.39, 0.29) is 30.3 Å². The molecule has 25 heavy (non-hydrogen) atoms. The third-order valence-corrected chi connectivity index (χ3v) is 4.06. The van der Waals surface area contributed by atoms with Gasteiger partial charge in [0.1, 0.15) is 5.75 Å². The SMILES string of the molecule is CC(C)Oc1ccc(NC(=O)C2CC(=O)N(c3ccccc3)C2)cc1. The average molecular weight is 338 g/mol. The quantitative estimate of drug-likeness (QED) is 0.908. The number of nitrogens with zero attached hydrogens (tertiary/aromatic N) is 1. The van der Waals surface area contributed by atoms with Gasteiger partial charge in [0.2, 0.25) is 11.8 Å². The van der Waals surface area contributed by atoms with Gasteiger partial charge in [-0.3, -0.25) is 9.59 Å². The van der Waals surface area contributed by atoms with Crippen LogP contribution in [-0.4, -0.2) is 24.5 Å². The lowest BCUT2D eigenvalue weighted by atomic mass is 10.1. The van der Waals surface area contributed by atoms with E-state index in [2.05, 4.69) is 5.32 Å². The molecule has 1 aliphatic heterocycles. The number of rotatable bonds is 5. The molecule has 130 valence electrons. The summed E-state index contributed by atoms with van der Waals surface area (Å²) in [5, 5.41) is 2.88. The molecule has 1 N–H and O–H groups in total. The molecule has 2 amide bonds. The zero-order chi connectivity index (χ0) is 17.8. The highest BCUT2D eigenvalue weighted by Crippen LogP contribution is 2.26. The maximum atomic E-state index is 12.5. The fourth-order valence-electron chi connectivity index (χ4n) is 2.87. The molecule has 0 bridgehead atoms. The van der Waals surface area contributed by atoms with Gasteiger partial charge in [-0.25, -0.2) is 0 Å². The van der Waals surface area contributed by atoms with Crippen molar-refractivity contribution in [3.63, 3.8) is 0 Å². The molecule has 1 atom stereocenters. The Kier molecular flexibility index (Phi) is 5.03. The highest BCUT2D eigenvalue weighted by atomic mass is 16.5. The van der Waals surface area contributed by atoms with E-state index in [9.17, 15) is 9.59 Å². The van der Waals surface area contributed by atoms with Crippen molar-refractivity contribution in [2.24, 2.45) is 5.92 Å². The molecule has 0 aromatic heterocycles. The normalized spacial score (nSPS) is 17.0. The van der Waals surface area contributed by atoms with Gasteiger partial charge < -0.3 is 15.0 Å². The smallest absolute Gasteiger partial charge is 0.229 e. The second-order valence-electron chi connectivity index (χ2n) is 6.42. The van der Waals surface area contributed by atoms with Crippen LogP contribution in [0.25, 0.3) is 0 Å². The summed E-state index contributed by atoms with van der Waals surface area (Å²) in [6, 6.07) is 16.7. The first-order valence-corrected chi connectivity index (χ1v) is 8.46. The molecule has 0 aliphatic carbocycles. The van der Waals surface area contributed by atoms with E-state index in [1.165, 1.54) is 0 Å². The first kappa shape index (κ1) is 17.0. The summed E-state index contributed by atoms with van der Waals surface area (Å²) in [4.78, 5) is 26.4. The summed E-state index contributed by atoms with van der Waals surface area (Å²) < 4.78 is 5.59. The Morgan fingerprint density at radius 3 is 2.44 bits per heavy atom. The van der Waals surface area contributed by atoms with E-state index in [1.54, 1.807) is 17.0 Å². The summed E-state index contributed by atoms with van der Waals surface area (Å²) >= 11 is 0. The molecule has 2 aromatic rings. The molecule has 2 aromatic carbocycles. The number of carbonyl (C=O) groups is 2. The third kappa shape index (κ3) is 4.18. The van der Waals surface area contributed by atoms with E-state index in [0.717, 1.165) is 11.4 Å². The van der Waals surface area contributed by atoms with Gasteiger partial charge in [-0.1, -0.05) is 18.2 Å². The second kappa shape index (κ2) is 7.38. The molecular weight excluding hydrogens is 316 g/mol. The number of para-hydroxylation sites is 1. The van der Waals surface area contributed by atoms with Gasteiger partial charge in [-0.2, -0.15) is 0 Å². The second-order valence-corrected chi connectivity index (χ2v) is 6.42. The molecule has 1 unspecified atom stereocenters. The fraction of sp³-hybridized carbons (Fsp3) is 0.300. The number of benzene rings is 2. The molecule has 0 saturated carbocycles. The highest BCUT2D eigenvalue weighted by molar-refractivity contribution is 6.03. The van der Waals surface area contributed by atoms with Crippen molar-refractivity contribution in [3.05, 3.63) is 54.6 Å². The van der Waals surface area contributed by atoms with Crippen LogP contribution in [0.4, 0.5) is 11.4 Å². The van der Waals surface area contributed by atoms with E-state index in [0.29, 0.717) is 12.2 Å². The molecule has 0 spiro atoms. The van der Waals surface area contributed by atoms with Gasteiger partial charge in [-0.15, -0.1) is 0 Å². The first-order chi connectivity index (χ1) is 12.0. The Labute approximate surface area is 147 Å². The van der Waals surface area contributed by atoms with Crippen molar-refractivity contribution in [2.45, 2.75) is 26.4 Å². The van der Waals surface area contributed by atoms with E-state index in [1.807, 2.05) is 56.3 Å². The Hall–Kier alpha value is -2.82. The van der Waals surface area contributed by atoms with Crippen LogP contribution < -0.4 is 15.0 Å². The fourth-order valence-corrected chi connectivity index (χ4v) is 2.87. The molecule has 1 aliphatic rings. The number of carbonyl (C=O) groups excluding carboxylic acids is 2. The van der Waals surface area contributed by atoms with Crippen LogP contribution in [0.2, 0.25) is 0 Å². The van der Waals surface area contributed by atoms with Crippen molar-refractivity contribution in [2.75, 3.05) is 16.8 Å². The molecule has 0 radical (unpaired) electrons. The van der Waals surface area contributed by atoms with Crippen LogP contribution in [0.3, 0.4) is 0 Å². The van der Waals surface area contributed by atoms with Gasteiger partial charge >= 0.3 is 0 Å². The third-order valence-electron chi connectivity index (χ3n) is 4.06. The average Bonchev–Trinajstić information content (AvgIpc) is 2.99. The summed E-state index contributed by atoms with van der Waals surface area (Å²) in [5.41, 5.74) is 1.53. The van der Waals surface area contributed by atoms with E-state index in [4.69, 9.17) is 4.74 Å². The molecule has 5 heteroatoms. The van der Waals surface area contributed by atoms with E-state index < -0.39 is 0 Å². The highest BCUT2D eigenvalue weighted by Gasteiger charge is 2.35. The maximum absolute atomic E-state index is 12.5. The predicted octanol–water partition coefficient (Wildman–Crippen LogP) is 3.47. The lowest BCUT2D eigenvalue weighted by Gasteiger charge is -2.16. The minimum Gasteiger partial charge on any atom is -0.491 e. The largest absolute Gasteiger partial charge is 0.491 e. The van der Waals surface area contributed by atoms with Gasteiger partial charge in [0, 0.05) is 24.3 Å². The molecule has 1 fully saturated rings. The maximum Gasteiger partial charge on any atom is 0.229 e. The zero-order valence-electron chi connectivity index (χ0n) is 14.4. The molecule has 3 rings (SSSR count). The van der Waals surface area contributed by atoms with Crippen molar-refractivity contribution >= 4 is 23.2 Å². The van der Waals surface area contributed by atoms with Crippen LogP contribution in [0.5, 0.6) is 5.75 Å². The van der Waals surface area contributed by atoms with Crippen molar-refractivity contribution < 1.29 is 14.3 Å². The summed E-state index contributed by atoms with van der Waals surface area (Å²) in [6.45, 7) is 4.33. The first-order valence-electron chi connectivity index (χ1n) is 8.46. The molecule has 1 heterocycles. The summed E-state index contributed by atoms with van der Waals surface area (Å²) in [6.07, 6.45) is 0.337. The molecule has 5 nitrogen and oxygen atoms in total. The predicted molar refractivity (Wildman–Crippen MR) is 97.7 cm³/mol. The summed E-state index contributed by atoms with van der Waals surface area (Å²) in [7, 11) is 0. The Morgan fingerprint density at radius 1 is 1.12 bits per heavy atom. The molecular formula is C20H22N2O3. The van der Waals surface area contributed by atoms with Crippen LogP contribution in [0.1, 0.15) is 20.3 Å². The van der Waals surface area contributed by atoms with Gasteiger partial charge in [0.25, 0.3) is 0 Å². The van der Waals surface area contributed by atoms with Crippen LogP contribution in [0.15, 0.2) is 54.6 Å². The van der Waals surface area contributed by atoms with Gasteiger partial charge in [-0.05, 0) is 50.2 Å². The topological polar surface area (TPSA) is 58.6 Å². The number of hydrogen-bond acceptors (Lipinski definition) is 3. The lowest BCUT2D eigenvalue weighted by molar-refractivity contribution is -0.122.